The van der Waals surface area contributed by atoms with Gasteiger partial charge in [0, 0.05) is 31.5 Å². The van der Waals surface area contributed by atoms with Gasteiger partial charge < -0.3 is 14.8 Å². The van der Waals surface area contributed by atoms with E-state index in [1.807, 2.05) is 36.4 Å². The highest BCUT2D eigenvalue weighted by atomic mass is 16.5. The van der Waals surface area contributed by atoms with Crippen LogP contribution in [0.3, 0.4) is 0 Å². The second-order valence-corrected chi connectivity index (χ2v) is 7.76. The lowest BCUT2D eigenvalue weighted by Gasteiger charge is -2.26. The Labute approximate surface area is 187 Å². The Balaban J connectivity index is 1.54. The molecule has 7 heteroatoms. The number of morpholine rings is 1. The fourth-order valence-corrected chi connectivity index (χ4v) is 3.83. The molecule has 0 aliphatic carbocycles. The van der Waals surface area contributed by atoms with Crippen LogP contribution >= 0.6 is 0 Å². The quantitative estimate of drug-likeness (QED) is 0.646. The Morgan fingerprint density at radius 2 is 1.78 bits per heavy atom. The molecule has 1 aliphatic heterocycles. The molecule has 1 amide bonds. The first-order chi connectivity index (χ1) is 15.6. The van der Waals surface area contributed by atoms with E-state index in [1.54, 1.807) is 38.4 Å². The molecule has 4 rings (SSSR count). The van der Waals surface area contributed by atoms with Crippen molar-refractivity contribution in [3.05, 3.63) is 87.8 Å². The Bertz CT molecular complexity index is 1150. The van der Waals surface area contributed by atoms with Crippen LogP contribution in [0.15, 0.2) is 65.6 Å². The minimum Gasteiger partial charge on any atom is -0.495 e. The van der Waals surface area contributed by atoms with Crippen molar-refractivity contribution in [1.29, 1.82) is 0 Å². The normalized spacial score (nSPS) is 14.2. The zero-order valence-electron chi connectivity index (χ0n) is 18.3. The molecule has 1 N–H and O–H groups in total. The van der Waals surface area contributed by atoms with Gasteiger partial charge in [0.25, 0.3) is 11.5 Å². The van der Waals surface area contributed by atoms with Crippen LogP contribution < -0.4 is 15.6 Å². The molecule has 0 spiro atoms. The first kappa shape index (κ1) is 21.8. The predicted octanol–water partition coefficient (Wildman–Crippen LogP) is 3.24. The second kappa shape index (κ2) is 9.80. The fourth-order valence-electron chi connectivity index (χ4n) is 3.83. The average molecular weight is 434 g/mol. The Kier molecular flexibility index (Phi) is 6.68. The summed E-state index contributed by atoms with van der Waals surface area (Å²) in [6, 6.07) is 16.7. The molecule has 2 heterocycles. The molecule has 0 unspecified atom stereocenters. The van der Waals surface area contributed by atoms with Crippen LogP contribution in [0.2, 0.25) is 0 Å². The zero-order valence-corrected chi connectivity index (χ0v) is 18.3. The molecule has 166 valence electrons. The molecule has 3 aromatic rings. The van der Waals surface area contributed by atoms with Crippen molar-refractivity contribution in [2.24, 2.45) is 0 Å². The molecular weight excluding hydrogens is 406 g/mol. The summed E-state index contributed by atoms with van der Waals surface area (Å²) in [7, 11) is 1.55. The van der Waals surface area contributed by atoms with E-state index >= 15 is 0 Å². The van der Waals surface area contributed by atoms with Crippen LogP contribution in [0.1, 0.15) is 21.5 Å². The van der Waals surface area contributed by atoms with Gasteiger partial charge in [-0.05, 0) is 48.4 Å². The van der Waals surface area contributed by atoms with Crippen molar-refractivity contribution >= 4 is 11.6 Å². The molecule has 32 heavy (non-hydrogen) atoms. The molecule has 0 radical (unpaired) electrons. The fraction of sp³-hybridized carbons (Fsp3) is 0.280. The number of aryl methyl sites for hydroxylation is 1. The Morgan fingerprint density at radius 3 is 2.50 bits per heavy atom. The van der Waals surface area contributed by atoms with E-state index in [2.05, 4.69) is 10.2 Å². The number of benzene rings is 2. The third-order valence-corrected chi connectivity index (χ3v) is 5.59. The minimum atomic E-state index is -0.433. The Morgan fingerprint density at radius 1 is 1.06 bits per heavy atom. The topological polar surface area (TPSA) is 72.8 Å². The molecule has 0 bridgehead atoms. The maximum absolute atomic E-state index is 13.2. The first-order valence-electron chi connectivity index (χ1n) is 10.6. The molecule has 2 aromatic carbocycles. The summed E-state index contributed by atoms with van der Waals surface area (Å²) < 4.78 is 12.2. The largest absolute Gasteiger partial charge is 0.495 e. The van der Waals surface area contributed by atoms with Crippen molar-refractivity contribution in [3.63, 3.8) is 0 Å². The number of methoxy groups -OCH3 is 1. The van der Waals surface area contributed by atoms with Crippen LogP contribution in [0.4, 0.5) is 5.69 Å². The van der Waals surface area contributed by atoms with Crippen molar-refractivity contribution < 1.29 is 14.3 Å². The molecule has 1 aromatic heterocycles. The number of nitrogens with zero attached hydrogens (tertiary/aromatic N) is 2. The maximum atomic E-state index is 13.2. The van der Waals surface area contributed by atoms with Crippen molar-refractivity contribution in [2.45, 2.75) is 13.5 Å². The lowest BCUT2D eigenvalue weighted by molar-refractivity contribution is 0.0342. The standard InChI is InChI=1S/C25H27N3O4/c1-18-11-12-28(21-5-3-4-6-22(21)31-2)25(30)23(18)24(29)26-20-9-7-19(8-10-20)17-27-13-15-32-16-14-27/h3-12H,13-17H2,1-2H3,(H,26,29). The monoisotopic (exact) mass is 433 g/mol. The van der Waals surface area contributed by atoms with Crippen LogP contribution in [0.25, 0.3) is 5.69 Å². The highest BCUT2D eigenvalue weighted by Crippen LogP contribution is 2.21. The average Bonchev–Trinajstić information content (AvgIpc) is 2.81. The number of pyridine rings is 1. The number of rotatable bonds is 6. The van der Waals surface area contributed by atoms with Crippen molar-refractivity contribution in [3.8, 4) is 11.4 Å². The van der Waals surface area contributed by atoms with Gasteiger partial charge in [0.1, 0.15) is 11.3 Å². The van der Waals surface area contributed by atoms with E-state index in [4.69, 9.17) is 9.47 Å². The van der Waals surface area contributed by atoms with Crippen molar-refractivity contribution in [2.75, 3.05) is 38.7 Å². The van der Waals surface area contributed by atoms with Gasteiger partial charge in [-0.25, -0.2) is 0 Å². The second-order valence-electron chi connectivity index (χ2n) is 7.76. The van der Waals surface area contributed by atoms with Gasteiger partial charge in [0.2, 0.25) is 0 Å². The minimum absolute atomic E-state index is 0.107. The number of nitrogens with one attached hydrogen (secondary N) is 1. The smallest absolute Gasteiger partial charge is 0.268 e. The van der Waals surface area contributed by atoms with E-state index in [1.165, 1.54) is 10.1 Å². The number of hydrogen-bond acceptors (Lipinski definition) is 5. The SMILES string of the molecule is COc1ccccc1-n1ccc(C)c(C(=O)Nc2ccc(CN3CCOCC3)cc2)c1=O. The first-order valence-corrected chi connectivity index (χ1v) is 10.6. The molecule has 7 nitrogen and oxygen atoms in total. The summed E-state index contributed by atoms with van der Waals surface area (Å²) in [5.74, 6) is 0.123. The van der Waals surface area contributed by atoms with E-state index in [0.29, 0.717) is 22.7 Å². The summed E-state index contributed by atoms with van der Waals surface area (Å²) in [5, 5.41) is 2.86. The number of amides is 1. The highest BCUT2D eigenvalue weighted by Gasteiger charge is 2.18. The van der Waals surface area contributed by atoms with Crippen molar-refractivity contribution in [1.82, 2.24) is 9.47 Å². The summed E-state index contributed by atoms with van der Waals surface area (Å²) in [4.78, 5) is 28.6. The number of anilines is 1. The van der Waals surface area contributed by atoms with E-state index in [9.17, 15) is 9.59 Å². The van der Waals surface area contributed by atoms with Crippen LogP contribution in [-0.4, -0.2) is 48.8 Å². The van der Waals surface area contributed by atoms with Crippen LogP contribution in [0, 0.1) is 6.92 Å². The number of para-hydroxylation sites is 2. The number of ether oxygens (including phenoxy) is 2. The summed E-state index contributed by atoms with van der Waals surface area (Å²) >= 11 is 0. The summed E-state index contributed by atoms with van der Waals surface area (Å²) in [5.41, 5.74) is 2.72. The third kappa shape index (κ3) is 4.74. The Hall–Kier alpha value is -3.42. The van der Waals surface area contributed by atoms with Gasteiger partial charge in [-0.1, -0.05) is 24.3 Å². The molecule has 1 fully saturated rings. The van der Waals surface area contributed by atoms with Gasteiger partial charge in [-0.3, -0.25) is 19.1 Å². The molecular formula is C25H27N3O4. The molecule has 1 saturated heterocycles. The number of aromatic nitrogens is 1. The highest BCUT2D eigenvalue weighted by molar-refractivity contribution is 6.05. The van der Waals surface area contributed by atoms with Gasteiger partial charge in [0.15, 0.2) is 0 Å². The molecule has 1 aliphatic rings. The van der Waals surface area contributed by atoms with Gasteiger partial charge in [-0.2, -0.15) is 0 Å². The van der Waals surface area contributed by atoms with E-state index in [0.717, 1.165) is 32.8 Å². The zero-order chi connectivity index (χ0) is 22.5. The number of hydrogen-bond donors (Lipinski definition) is 1. The van der Waals surface area contributed by atoms with Crippen LogP contribution in [0.5, 0.6) is 5.75 Å². The third-order valence-electron chi connectivity index (χ3n) is 5.59. The number of carbonyl (C=O) groups excluding carboxylic acids is 1. The maximum Gasteiger partial charge on any atom is 0.268 e. The lowest BCUT2D eigenvalue weighted by atomic mass is 10.1. The van der Waals surface area contributed by atoms with Crippen LogP contribution in [-0.2, 0) is 11.3 Å². The van der Waals surface area contributed by atoms with Gasteiger partial charge >= 0.3 is 0 Å². The summed E-state index contributed by atoms with van der Waals surface area (Å²) in [6.45, 7) is 5.97. The molecule has 0 saturated carbocycles. The lowest BCUT2D eigenvalue weighted by Crippen LogP contribution is -2.35. The van der Waals surface area contributed by atoms with E-state index < -0.39 is 11.5 Å². The number of carbonyl (C=O) groups is 1. The van der Waals surface area contributed by atoms with E-state index in [-0.39, 0.29) is 5.56 Å². The van der Waals surface area contributed by atoms with Gasteiger partial charge in [-0.15, -0.1) is 0 Å². The summed E-state index contributed by atoms with van der Waals surface area (Å²) in [6.07, 6.45) is 1.66. The predicted molar refractivity (Wildman–Crippen MR) is 124 cm³/mol. The van der Waals surface area contributed by atoms with Gasteiger partial charge in [0.05, 0.1) is 26.0 Å². The molecule has 0 atom stereocenters.